The molecule has 1 nitrogen and oxygen atoms in total. The molecule has 4 bridgehead atoms. The highest BCUT2D eigenvalue weighted by Gasteiger charge is 2.61. The van der Waals surface area contributed by atoms with Crippen molar-refractivity contribution in [2.75, 3.05) is 4.90 Å². The normalized spacial score (nSPS) is 27.0. The van der Waals surface area contributed by atoms with Crippen LogP contribution in [0.4, 0.5) is 17.1 Å². The minimum atomic E-state index is 0.0802. The average Bonchev–Trinajstić information content (AvgIpc) is 3.44. The van der Waals surface area contributed by atoms with Crippen molar-refractivity contribution < 1.29 is 0 Å². The van der Waals surface area contributed by atoms with Gasteiger partial charge in [0.25, 0.3) is 0 Å². The third kappa shape index (κ3) is 4.87. The largest absolute Gasteiger partial charge is 0.310 e. The van der Waals surface area contributed by atoms with Crippen molar-refractivity contribution in [3.63, 3.8) is 0 Å². The van der Waals surface area contributed by atoms with Crippen molar-refractivity contribution in [1.82, 2.24) is 0 Å². The fourth-order valence-corrected chi connectivity index (χ4v) is 12.7. The second-order valence-corrected chi connectivity index (χ2v) is 20.1. The molecule has 0 N–H and O–H groups in total. The number of fused-ring (bicyclic) bond motifs is 4. The monoisotopic (exact) mass is 695 g/mol. The molecule has 0 atom stereocenters. The van der Waals surface area contributed by atoms with E-state index in [0.717, 1.165) is 23.7 Å². The van der Waals surface area contributed by atoms with E-state index >= 15 is 0 Å². The van der Waals surface area contributed by atoms with E-state index in [9.17, 15) is 0 Å². The molecule has 0 radical (unpaired) electrons. The van der Waals surface area contributed by atoms with Gasteiger partial charge in [-0.1, -0.05) is 127 Å². The average molecular weight is 696 g/mol. The maximum absolute atomic E-state index is 2.55. The van der Waals surface area contributed by atoms with E-state index in [1.807, 2.05) is 0 Å². The van der Waals surface area contributed by atoms with E-state index in [2.05, 4.69) is 163 Å². The van der Waals surface area contributed by atoms with E-state index in [1.54, 1.807) is 11.1 Å². The first-order chi connectivity index (χ1) is 25.4. The van der Waals surface area contributed by atoms with E-state index in [1.165, 1.54) is 101 Å². The SMILES string of the molecule is CC(C)(C)c1ccc(N(c2ccc(-c3cccc4c3-c3ccccc3C43C4CC5CC(C4)CC3C5)cc2)c2cccc3c2C(C)(C)CCC3(C)C)cc1. The van der Waals surface area contributed by atoms with Gasteiger partial charge in [0, 0.05) is 16.8 Å². The van der Waals surface area contributed by atoms with Gasteiger partial charge in [0.2, 0.25) is 0 Å². The summed E-state index contributed by atoms with van der Waals surface area (Å²) in [6, 6.07) is 42.9. The summed E-state index contributed by atoms with van der Waals surface area (Å²) < 4.78 is 0. The number of benzene rings is 5. The summed E-state index contributed by atoms with van der Waals surface area (Å²) >= 11 is 0. The molecule has 4 saturated carbocycles. The zero-order chi connectivity index (χ0) is 36.5. The Morgan fingerprint density at radius 1 is 0.528 bits per heavy atom. The Hall–Kier alpha value is -4.10. The molecule has 0 saturated heterocycles. The minimum Gasteiger partial charge on any atom is -0.310 e. The number of hydrogen-bond donors (Lipinski definition) is 0. The van der Waals surface area contributed by atoms with E-state index in [-0.39, 0.29) is 21.7 Å². The number of hydrogen-bond acceptors (Lipinski definition) is 1. The highest BCUT2D eigenvalue weighted by Crippen LogP contribution is 2.70. The lowest BCUT2D eigenvalue weighted by molar-refractivity contribution is -0.0399. The van der Waals surface area contributed by atoms with Crippen LogP contribution in [0.1, 0.15) is 121 Å². The van der Waals surface area contributed by atoms with Gasteiger partial charge in [-0.15, -0.1) is 0 Å². The topological polar surface area (TPSA) is 3.24 Å². The number of nitrogens with zero attached hydrogens (tertiary/aromatic N) is 1. The summed E-state index contributed by atoms with van der Waals surface area (Å²) in [6.07, 6.45) is 9.56. The molecule has 270 valence electrons. The molecule has 0 amide bonds. The lowest BCUT2D eigenvalue weighted by Gasteiger charge is -2.61. The van der Waals surface area contributed by atoms with Crippen molar-refractivity contribution in [2.45, 2.75) is 115 Å². The Kier molecular flexibility index (Phi) is 7.23. The molecule has 0 heterocycles. The molecule has 11 rings (SSSR count). The molecule has 53 heavy (non-hydrogen) atoms. The molecule has 1 spiro atoms. The highest BCUT2D eigenvalue weighted by molar-refractivity contribution is 5.93. The number of rotatable bonds is 4. The van der Waals surface area contributed by atoms with Gasteiger partial charge >= 0.3 is 0 Å². The van der Waals surface area contributed by atoms with Crippen LogP contribution >= 0.6 is 0 Å². The lowest BCUT2D eigenvalue weighted by atomic mass is 9.43. The minimum absolute atomic E-state index is 0.0802. The Labute approximate surface area is 318 Å². The molecule has 4 fully saturated rings. The van der Waals surface area contributed by atoms with Crippen LogP contribution in [0, 0.1) is 23.7 Å². The fraction of sp³-hybridized carbons (Fsp3) is 0.423. The van der Waals surface area contributed by atoms with Crippen LogP contribution in [-0.4, -0.2) is 0 Å². The summed E-state index contributed by atoms with van der Waals surface area (Å²) in [5.74, 6) is 3.47. The van der Waals surface area contributed by atoms with Gasteiger partial charge in [-0.25, -0.2) is 0 Å². The molecule has 0 aliphatic heterocycles. The summed E-state index contributed by atoms with van der Waals surface area (Å²) in [5, 5.41) is 0. The van der Waals surface area contributed by atoms with Gasteiger partial charge < -0.3 is 4.90 Å². The summed E-state index contributed by atoms with van der Waals surface area (Å²) in [4.78, 5) is 2.55. The van der Waals surface area contributed by atoms with Gasteiger partial charge in [-0.3, -0.25) is 0 Å². The molecule has 6 aliphatic carbocycles. The maximum atomic E-state index is 2.55. The first-order valence-electron chi connectivity index (χ1n) is 20.7. The Balaban J connectivity index is 1.11. The van der Waals surface area contributed by atoms with Crippen LogP contribution in [0.5, 0.6) is 0 Å². The molecular weight excluding hydrogens is 639 g/mol. The van der Waals surface area contributed by atoms with Crippen LogP contribution < -0.4 is 4.90 Å². The first kappa shape index (κ1) is 33.5. The molecular formula is C52H57N. The third-order valence-corrected chi connectivity index (χ3v) is 15.1. The standard InChI is InChI=1S/C52H57N/c1-49(2,3)36-20-24-40(25-21-36)53(46-17-11-16-45-48(46)51(6,7)27-26-50(45,4)5)39-22-18-35(19-23-39)41-13-10-15-44-47(41)42-12-8-9-14-43(42)52(44)37-29-33-28-34(31-37)32-38(52)30-33/h8-25,33-34,37-38H,26-32H2,1-7H3. The molecule has 5 aromatic carbocycles. The van der Waals surface area contributed by atoms with Gasteiger partial charge in [-0.05, 0) is 165 Å². The third-order valence-electron chi connectivity index (χ3n) is 15.1. The van der Waals surface area contributed by atoms with Crippen LogP contribution in [-0.2, 0) is 21.7 Å². The van der Waals surface area contributed by atoms with Crippen molar-refractivity contribution in [2.24, 2.45) is 23.7 Å². The van der Waals surface area contributed by atoms with Crippen molar-refractivity contribution in [3.8, 4) is 22.3 Å². The van der Waals surface area contributed by atoms with Gasteiger partial charge in [0.15, 0.2) is 0 Å². The first-order valence-corrected chi connectivity index (χ1v) is 20.7. The van der Waals surface area contributed by atoms with Crippen molar-refractivity contribution in [1.29, 1.82) is 0 Å². The summed E-state index contributed by atoms with van der Waals surface area (Å²) in [5.41, 5.74) is 17.6. The Morgan fingerprint density at radius 2 is 1.08 bits per heavy atom. The van der Waals surface area contributed by atoms with E-state index < -0.39 is 0 Å². The zero-order valence-electron chi connectivity index (χ0n) is 33.1. The van der Waals surface area contributed by atoms with Crippen molar-refractivity contribution in [3.05, 3.63) is 137 Å². The predicted molar refractivity (Wildman–Crippen MR) is 224 cm³/mol. The van der Waals surface area contributed by atoms with Crippen molar-refractivity contribution >= 4 is 17.1 Å². The lowest BCUT2D eigenvalue weighted by Crippen LogP contribution is -2.55. The summed E-state index contributed by atoms with van der Waals surface area (Å²) in [7, 11) is 0. The molecule has 6 aliphatic rings. The maximum Gasteiger partial charge on any atom is 0.0502 e. The second-order valence-electron chi connectivity index (χ2n) is 20.1. The molecule has 5 aromatic rings. The fourth-order valence-electron chi connectivity index (χ4n) is 12.7. The van der Waals surface area contributed by atoms with E-state index in [4.69, 9.17) is 0 Å². The van der Waals surface area contributed by atoms with E-state index in [0.29, 0.717) is 0 Å². The second kappa shape index (κ2) is 11.5. The van der Waals surface area contributed by atoms with Crippen LogP contribution in [0.2, 0.25) is 0 Å². The highest BCUT2D eigenvalue weighted by atomic mass is 15.1. The van der Waals surface area contributed by atoms with Gasteiger partial charge in [0.05, 0.1) is 5.69 Å². The molecule has 0 aromatic heterocycles. The Bertz CT molecular complexity index is 2200. The molecule has 0 unspecified atom stereocenters. The smallest absolute Gasteiger partial charge is 0.0502 e. The zero-order valence-corrected chi connectivity index (χ0v) is 33.1. The van der Waals surface area contributed by atoms with Crippen LogP contribution in [0.3, 0.4) is 0 Å². The van der Waals surface area contributed by atoms with Gasteiger partial charge in [0.1, 0.15) is 0 Å². The Morgan fingerprint density at radius 3 is 1.74 bits per heavy atom. The predicted octanol–water partition coefficient (Wildman–Crippen LogP) is 14.2. The van der Waals surface area contributed by atoms with Gasteiger partial charge in [-0.2, -0.15) is 0 Å². The molecule has 1 heteroatoms. The summed E-state index contributed by atoms with van der Waals surface area (Å²) in [6.45, 7) is 16.7. The quantitative estimate of drug-likeness (QED) is 0.181. The van der Waals surface area contributed by atoms with Crippen LogP contribution in [0.25, 0.3) is 22.3 Å². The van der Waals surface area contributed by atoms with Crippen LogP contribution in [0.15, 0.2) is 109 Å². The number of anilines is 3.